The Morgan fingerprint density at radius 3 is 2.04 bits per heavy atom. The molecule has 0 aliphatic carbocycles. The quantitative estimate of drug-likeness (QED) is 0.706. The van der Waals surface area contributed by atoms with Crippen molar-refractivity contribution in [1.29, 1.82) is 0 Å². The average Bonchev–Trinajstić information content (AvgIpc) is 2.68. The van der Waals surface area contributed by atoms with Gasteiger partial charge in [0.1, 0.15) is 0 Å². The van der Waals surface area contributed by atoms with Crippen molar-refractivity contribution in [1.82, 2.24) is 5.32 Å². The van der Waals surface area contributed by atoms with E-state index < -0.39 is 9.84 Å². The molecular formula is C23H23NO3S. The van der Waals surface area contributed by atoms with E-state index >= 15 is 0 Å². The van der Waals surface area contributed by atoms with E-state index in [9.17, 15) is 13.2 Å². The number of hydrogen-bond donors (Lipinski definition) is 1. The summed E-state index contributed by atoms with van der Waals surface area (Å²) in [4.78, 5) is 13.0. The van der Waals surface area contributed by atoms with Crippen LogP contribution >= 0.6 is 0 Å². The molecule has 0 saturated carbocycles. The molecule has 3 aromatic rings. The highest BCUT2D eigenvalue weighted by Crippen LogP contribution is 2.24. The molecule has 0 bridgehead atoms. The molecule has 0 radical (unpaired) electrons. The molecule has 0 unspecified atom stereocenters. The number of nitrogens with one attached hydrogen (secondary N) is 1. The van der Waals surface area contributed by atoms with Crippen LogP contribution in [-0.4, -0.2) is 20.6 Å². The highest BCUT2D eigenvalue weighted by Gasteiger charge is 2.19. The van der Waals surface area contributed by atoms with Gasteiger partial charge in [-0.15, -0.1) is 0 Å². The summed E-state index contributed by atoms with van der Waals surface area (Å²) in [7, 11) is -3.29. The number of benzene rings is 3. The van der Waals surface area contributed by atoms with E-state index in [2.05, 4.69) is 18.3 Å². The summed E-state index contributed by atoms with van der Waals surface area (Å²) in [5.74, 6) is -0.257. The maximum Gasteiger partial charge on any atom is 0.252 e. The van der Waals surface area contributed by atoms with Crippen molar-refractivity contribution in [3.05, 3.63) is 101 Å². The highest BCUT2D eigenvalue weighted by molar-refractivity contribution is 7.90. The van der Waals surface area contributed by atoms with Crippen molar-refractivity contribution in [3.8, 4) is 0 Å². The lowest BCUT2D eigenvalue weighted by Gasteiger charge is -2.21. The Kier molecular flexibility index (Phi) is 5.66. The predicted molar refractivity (Wildman–Crippen MR) is 111 cm³/mol. The third kappa shape index (κ3) is 4.49. The van der Waals surface area contributed by atoms with Crippen molar-refractivity contribution >= 4 is 15.7 Å². The third-order valence-electron chi connectivity index (χ3n) is 4.82. The minimum absolute atomic E-state index is 0.192. The fraction of sp³-hybridized carbons (Fsp3) is 0.174. The second kappa shape index (κ2) is 7.98. The van der Waals surface area contributed by atoms with Crippen molar-refractivity contribution in [2.75, 3.05) is 6.26 Å². The number of amides is 1. The number of sulfone groups is 1. The predicted octanol–water partition coefficient (Wildman–Crippen LogP) is 4.23. The lowest BCUT2D eigenvalue weighted by atomic mass is 9.95. The molecule has 3 rings (SSSR count). The second-order valence-electron chi connectivity index (χ2n) is 6.96. The van der Waals surface area contributed by atoms with Gasteiger partial charge < -0.3 is 5.32 Å². The van der Waals surface area contributed by atoms with Gasteiger partial charge in [-0.05, 0) is 60.4 Å². The first kappa shape index (κ1) is 19.8. The standard InChI is InChI=1S/C23H23NO3S/c1-16-9-10-20(15-17(16)2)22(18-7-5-4-6-8-18)24-23(25)19-11-13-21(14-12-19)28(3,26)27/h4-15,22H,1-3H3,(H,24,25)/t22-/m1/s1. The lowest BCUT2D eigenvalue weighted by molar-refractivity contribution is 0.0943. The van der Waals surface area contributed by atoms with Gasteiger partial charge in [0.25, 0.3) is 5.91 Å². The van der Waals surface area contributed by atoms with E-state index in [0.717, 1.165) is 22.9 Å². The van der Waals surface area contributed by atoms with Crippen molar-refractivity contribution < 1.29 is 13.2 Å². The van der Waals surface area contributed by atoms with E-state index in [1.807, 2.05) is 49.4 Å². The zero-order valence-electron chi connectivity index (χ0n) is 16.1. The number of aryl methyl sites for hydroxylation is 2. The summed E-state index contributed by atoms with van der Waals surface area (Å²) in [6.07, 6.45) is 1.15. The Morgan fingerprint density at radius 1 is 0.821 bits per heavy atom. The molecule has 1 N–H and O–H groups in total. The lowest BCUT2D eigenvalue weighted by Crippen LogP contribution is -2.29. The Labute approximate surface area is 166 Å². The zero-order valence-corrected chi connectivity index (χ0v) is 17.0. The molecule has 1 amide bonds. The third-order valence-corrected chi connectivity index (χ3v) is 5.95. The molecule has 0 fully saturated rings. The van der Waals surface area contributed by atoms with E-state index in [1.165, 1.54) is 29.8 Å². The van der Waals surface area contributed by atoms with E-state index in [0.29, 0.717) is 5.56 Å². The van der Waals surface area contributed by atoms with Crippen LogP contribution in [0.3, 0.4) is 0 Å². The van der Waals surface area contributed by atoms with Crippen molar-refractivity contribution in [3.63, 3.8) is 0 Å². The van der Waals surface area contributed by atoms with Gasteiger partial charge in [-0.3, -0.25) is 4.79 Å². The molecule has 0 saturated heterocycles. The van der Waals surface area contributed by atoms with E-state index in [4.69, 9.17) is 0 Å². The highest BCUT2D eigenvalue weighted by atomic mass is 32.2. The first-order valence-electron chi connectivity index (χ1n) is 8.99. The summed E-state index contributed by atoms with van der Waals surface area (Å²) >= 11 is 0. The molecule has 4 nitrogen and oxygen atoms in total. The van der Waals surface area contributed by atoms with Gasteiger partial charge in [-0.2, -0.15) is 0 Å². The summed E-state index contributed by atoms with van der Waals surface area (Å²) in [6.45, 7) is 4.10. The smallest absolute Gasteiger partial charge is 0.252 e. The van der Waals surface area contributed by atoms with Crippen LogP contribution in [0.1, 0.15) is 38.7 Å². The Bertz CT molecular complexity index is 1090. The van der Waals surface area contributed by atoms with Crippen molar-refractivity contribution in [2.24, 2.45) is 0 Å². The van der Waals surface area contributed by atoms with Crippen LogP contribution in [0.4, 0.5) is 0 Å². The van der Waals surface area contributed by atoms with E-state index in [-0.39, 0.29) is 16.8 Å². The summed E-state index contributed by atoms with van der Waals surface area (Å²) in [5.41, 5.74) is 4.74. The topological polar surface area (TPSA) is 63.2 Å². The minimum Gasteiger partial charge on any atom is -0.341 e. The second-order valence-corrected chi connectivity index (χ2v) is 8.97. The van der Waals surface area contributed by atoms with Gasteiger partial charge in [-0.1, -0.05) is 48.5 Å². The van der Waals surface area contributed by atoms with Crippen molar-refractivity contribution in [2.45, 2.75) is 24.8 Å². The van der Waals surface area contributed by atoms with Crippen LogP contribution in [0.2, 0.25) is 0 Å². The SMILES string of the molecule is Cc1ccc([C@H](NC(=O)c2ccc(S(C)(=O)=O)cc2)c2ccccc2)cc1C. The first-order valence-corrected chi connectivity index (χ1v) is 10.9. The van der Waals surface area contributed by atoms with Gasteiger partial charge in [0.05, 0.1) is 10.9 Å². The molecule has 1 atom stereocenters. The molecule has 144 valence electrons. The summed E-state index contributed by atoms with van der Waals surface area (Å²) in [5, 5.41) is 3.08. The fourth-order valence-electron chi connectivity index (χ4n) is 3.02. The maximum absolute atomic E-state index is 12.9. The normalized spacial score (nSPS) is 12.4. The first-order chi connectivity index (χ1) is 13.3. The number of rotatable bonds is 5. The fourth-order valence-corrected chi connectivity index (χ4v) is 3.65. The number of carbonyl (C=O) groups excluding carboxylic acids is 1. The molecule has 3 aromatic carbocycles. The minimum atomic E-state index is -3.29. The van der Waals surface area contributed by atoms with Gasteiger partial charge in [0, 0.05) is 11.8 Å². The average molecular weight is 394 g/mol. The van der Waals surface area contributed by atoms with Gasteiger partial charge in [-0.25, -0.2) is 8.42 Å². The summed E-state index contributed by atoms with van der Waals surface area (Å²) < 4.78 is 23.2. The molecule has 0 heterocycles. The summed E-state index contributed by atoms with van der Waals surface area (Å²) in [6, 6.07) is 21.6. The van der Waals surface area contributed by atoms with Gasteiger partial charge in [0.15, 0.2) is 9.84 Å². The van der Waals surface area contributed by atoms with Crippen LogP contribution in [0.15, 0.2) is 77.7 Å². The monoisotopic (exact) mass is 393 g/mol. The van der Waals surface area contributed by atoms with Crippen LogP contribution in [0.5, 0.6) is 0 Å². The van der Waals surface area contributed by atoms with Crippen LogP contribution in [0.25, 0.3) is 0 Å². The van der Waals surface area contributed by atoms with E-state index in [1.54, 1.807) is 0 Å². The molecule has 5 heteroatoms. The Balaban J connectivity index is 1.93. The van der Waals surface area contributed by atoms with Crippen LogP contribution < -0.4 is 5.32 Å². The van der Waals surface area contributed by atoms with Crippen LogP contribution in [-0.2, 0) is 9.84 Å². The molecule has 0 spiro atoms. The zero-order chi connectivity index (χ0) is 20.3. The van der Waals surface area contributed by atoms with Gasteiger partial charge in [0.2, 0.25) is 0 Å². The Morgan fingerprint density at radius 2 is 1.46 bits per heavy atom. The van der Waals surface area contributed by atoms with Gasteiger partial charge >= 0.3 is 0 Å². The number of carbonyl (C=O) groups is 1. The molecule has 0 aliphatic rings. The molecular weight excluding hydrogens is 370 g/mol. The maximum atomic E-state index is 12.9. The Hall–Kier alpha value is -2.92. The molecule has 0 aromatic heterocycles. The van der Waals surface area contributed by atoms with Crippen LogP contribution in [0, 0.1) is 13.8 Å². The molecule has 0 aliphatic heterocycles. The largest absolute Gasteiger partial charge is 0.341 e. The molecule has 28 heavy (non-hydrogen) atoms. The number of hydrogen-bond acceptors (Lipinski definition) is 3.